The number of hydrogen-bond donors (Lipinski definition) is 0. The van der Waals surface area contributed by atoms with E-state index in [1.54, 1.807) is 31.4 Å². The standard InChI is InChI=1S/C28H29ClN2O4/c1-34-23-11-9-22(26(29)27(23)35-2)10-13-25(33)31-19-16-28(20-31)14-17-30(18-15-28)24(32)12-8-21-6-4-3-5-7-21/h3-7,9-11,13H,14-20H2,1-2H3/b13-10+. The molecule has 1 spiro atoms. The van der Waals surface area contributed by atoms with Crippen LogP contribution in [0.15, 0.2) is 48.5 Å². The summed E-state index contributed by atoms with van der Waals surface area (Å²) in [5.41, 5.74) is 1.59. The number of methoxy groups -OCH3 is 2. The fourth-order valence-electron chi connectivity index (χ4n) is 4.74. The van der Waals surface area contributed by atoms with Gasteiger partial charge in [0.05, 0.1) is 19.2 Å². The van der Waals surface area contributed by atoms with Gasteiger partial charge in [0.15, 0.2) is 11.5 Å². The van der Waals surface area contributed by atoms with Crippen LogP contribution >= 0.6 is 11.6 Å². The highest BCUT2D eigenvalue weighted by Gasteiger charge is 2.42. The number of nitrogens with zero attached hydrogens (tertiary/aromatic N) is 2. The lowest BCUT2D eigenvalue weighted by Crippen LogP contribution is -2.44. The van der Waals surface area contributed by atoms with Crippen LogP contribution in [0.3, 0.4) is 0 Å². The van der Waals surface area contributed by atoms with E-state index in [0.717, 1.165) is 24.8 Å². The van der Waals surface area contributed by atoms with Crippen molar-refractivity contribution in [1.29, 1.82) is 0 Å². The Morgan fingerprint density at radius 3 is 2.31 bits per heavy atom. The Balaban J connectivity index is 1.33. The van der Waals surface area contributed by atoms with E-state index >= 15 is 0 Å². The number of carbonyl (C=O) groups excluding carboxylic acids is 2. The number of hydrogen-bond acceptors (Lipinski definition) is 4. The molecule has 0 N–H and O–H groups in total. The lowest BCUT2D eigenvalue weighted by molar-refractivity contribution is -0.128. The topological polar surface area (TPSA) is 59.1 Å². The van der Waals surface area contributed by atoms with Gasteiger partial charge in [0.2, 0.25) is 5.91 Å². The molecule has 0 saturated carbocycles. The van der Waals surface area contributed by atoms with E-state index in [-0.39, 0.29) is 17.2 Å². The number of carbonyl (C=O) groups is 2. The first-order valence-corrected chi connectivity index (χ1v) is 12.1. The number of rotatable bonds is 4. The third-order valence-corrected chi connectivity index (χ3v) is 7.26. The summed E-state index contributed by atoms with van der Waals surface area (Å²) in [7, 11) is 3.08. The second-order valence-corrected chi connectivity index (χ2v) is 9.33. The fourth-order valence-corrected chi connectivity index (χ4v) is 5.04. The Morgan fingerprint density at radius 2 is 1.66 bits per heavy atom. The molecule has 4 rings (SSSR count). The molecule has 2 aromatic carbocycles. The van der Waals surface area contributed by atoms with Gasteiger partial charge in [-0.25, -0.2) is 0 Å². The van der Waals surface area contributed by atoms with Gasteiger partial charge in [-0.3, -0.25) is 9.59 Å². The summed E-state index contributed by atoms with van der Waals surface area (Å²) < 4.78 is 10.6. The van der Waals surface area contributed by atoms with Gasteiger partial charge < -0.3 is 19.3 Å². The molecule has 2 heterocycles. The molecule has 0 bridgehead atoms. The van der Waals surface area contributed by atoms with Crippen molar-refractivity contribution >= 4 is 29.5 Å². The molecular weight excluding hydrogens is 464 g/mol. The van der Waals surface area contributed by atoms with Gasteiger partial charge in [0.1, 0.15) is 0 Å². The van der Waals surface area contributed by atoms with Crippen LogP contribution in [0.5, 0.6) is 11.5 Å². The van der Waals surface area contributed by atoms with Gasteiger partial charge >= 0.3 is 0 Å². The predicted octanol–water partition coefficient (Wildman–Crippen LogP) is 4.26. The van der Waals surface area contributed by atoms with E-state index in [2.05, 4.69) is 11.8 Å². The summed E-state index contributed by atoms with van der Waals surface area (Å²) in [6.07, 6.45) is 5.97. The highest BCUT2D eigenvalue weighted by Crippen LogP contribution is 2.41. The van der Waals surface area contributed by atoms with E-state index in [4.69, 9.17) is 21.1 Å². The average molecular weight is 493 g/mol. The monoisotopic (exact) mass is 492 g/mol. The van der Waals surface area contributed by atoms with Crippen LogP contribution < -0.4 is 9.47 Å². The Kier molecular flexibility index (Phi) is 7.67. The minimum atomic E-state index is -0.135. The van der Waals surface area contributed by atoms with Crippen molar-refractivity contribution in [3.05, 3.63) is 64.7 Å². The van der Waals surface area contributed by atoms with Crippen LogP contribution in [0.25, 0.3) is 6.08 Å². The quantitative estimate of drug-likeness (QED) is 0.472. The third-order valence-electron chi connectivity index (χ3n) is 6.87. The van der Waals surface area contributed by atoms with Crippen molar-refractivity contribution in [3.63, 3.8) is 0 Å². The third kappa shape index (κ3) is 5.63. The molecule has 0 atom stereocenters. The van der Waals surface area contributed by atoms with Gasteiger partial charge in [0, 0.05) is 43.7 Å². The minimum Gasteiger partial charge on any atom is -0.493 e. The number of amides is 2. The first kappa shape index (κ1) is 24.7. The zero-order valence-electron chi connectivity index (χ0n) is 20.1. The van der Waals surface area contributed by atoms with Gasteiger partial charge in [-0.05, 0) is 60.6 Å². The van der Waals surface area contributed by atoms with Gasteiger partial charge in [-0.15, -0.1) is 0 Å². The van der Waals surface area contributed by atoms with Crippen LogP contribution in [0.2, 0.25) is 5.02 Å². The zero-order chi connectivity index (χ0) is 24.8. The normalized spacial score (nSPS) is 16.8. The van der Waals surface area contributed by atoms with E-state index in [1.807, 2.05) is 40.1 Å². The molecule has 0 aromatic heterocycles. The van der Waals surface area contributed by atoms with Crippen LogP contribution in [0.1, 0.15) is 30.4 Å². The molecule has 182 valence electrons. The largest absolute Gasteiger partial charge is 0.493 e. The van der Waals surface area contributed by atoms with Crippen LogP contribution in [-0.4, -0.2) is 62.0 Å². The molecule has 6 nitrogen and oxygen atoms in total. The lowest BCUT2D eigenvalue weighted by Gasteiger charge is -2.38. The molecule has 35 heavy (non-hydrogen) atoms. The lowest BCUT2D eigenvalue weighted by atomic mass is 9.78. The maximum Gasteiger partial charge on any atom is 0.298 e. The van der Waals surface area contributed by atoms with Gasteiger partial charge in [-0.1, -0.05) is 35.7 Å². The number of ether oxygens (including phenoxy) is 2. The van der Waals surface area contributed by atoms with Crippen LogP contribution in [0, 0.1) is 17.3 Å². The van der Waals surface area contributed by atoms with Crippen molar-refractivity contribution in [2.75, 3.05) is 40.4 Å². The summed E-state index contributed by atoms with van der Waals surface area (Å²) >= 11 is 6.43. The van der Waals surface area contributed by atoms with Crippen molar-refractivity contribution in [1.82, 2.24) is 9.80 Å². The summed E-state index contributed by atoms with van der Waals surface area (Å²) in [5.74, 6) is 6.51. The molecule has 2 fully saturated rings. The van der Waals surface area contributed by atoms with Gasteiger partial charge in [0.25, 0.3) is 5.91 Å². The van der Waals surface area contributed by atoms with Crippen LogP contribution in [0.4, 0.5) is 0 Å². The van der Waals surface area contributed by atoms with E-state index in [1.165, 1.54) is 7.11 Å². The Labute approximate surface area is 211 Å². The second-order valence-electron chi connectivity index (χ2n) is 8.96. The van der Waals surface area contributed by atoms with Gasteiger partial charge in [-0.2, -0.15) is 0 Å². The molecule has 0 radical (unpaired) electrons. The molecular formula is C28H29ClN2O4. The minimum absolute atomic E-state index is 0.0417. The maximum absolute atomic E-state index is 12.9. The van der Waals surface area contributed by atoms with E-state index in [0.29, 0.717) is 48.3 Å². The summed E-state index contributed by atoms with van der Waals surface area (Å²) in [5, 5.41) is 0.404. The van der Waals surface area contributed by atoms with E-state index in [9.17, 15) is 9.59 Å². The molecule has 2 saturated heterocycles. The number of piperidine rings is 1. The average Bonchev–Trinajstić information content (AvgIpc) is 3.30. The van der Waals surface area contributed by atoms with Crippen LogP contribution in [-0.2, 0) is 9.59 Å². The molecule has 2 aromatic rings. The number of halogens is 1. The summed E-state index contributed by atoms with van der Waals surface area (Å²) in [6.45, 7) is 2.75. The SMILES string of the molecule is COc1ccc(/C=C/C(=O)N2CCC3(CCN(C(=O)C#Cc4ccccc4)CC3)C2)c(Cl)c1OC. The first-order valence-electron chi connectivity index (χ1n) is 11.7. The second kappa shape index (κ2) is 10.9. The smallest absolute Gasteiger partial charge is 0.298 e. The summed E-state index contributed by atoms with van der Waals surface area (Å²) in [4.78, 5) is 29.1. The fraction of sp³-hybridized carbons (Fsp3) is 0.357. The van der Waals surface area contributed by atoms with Crippen molar-refractivity contribution in [2.24, 2.45) is 5.41 Å². The number of benzene rings is 2. The maximum atomic E-state index is 12.9. The Bertz CT molecular complexity index is 1170. The van der Waals surface area contributed by atoms with Crippen molar-refractivity contribution in [2.45, 2.75) is 19.3 Å². The molecule has 2 aliphatic rings. The molecule has 0 aliphatic carbocycles. The zero-order valence-corrected chi connectivity index (χ0v) is 20.8. The molecule has 2 amide bonds. The Hall–Kier alpha value is -3.43. The highest BCUT2D eigenvalue weighted by atomic mass is 35.5. The number of likely N-dealkylation sites (tertiary alicyclic amines) is 2. The highest BCUT2D eigenvalue weighted by molar-refractivity contribution is 6.33. The predicted molar refractivity (Wildman–Crippen MR) is 136 cm³/mol. The molecule has 7 heteroatoms. The Morgan fingerprint density at radius 1 is 0.971 bits per heavy atom. The van der Waals surface area contributed by atoms with Crippen molar-refractivity contribution < 1.29 is 19.1 Å². The summed E-state index contributed by atoms with van der Waals surface area (Å²) in [6, 6.07) is 13.1. The first-order chi connectivity index (χ1) is 16.9. The van der Waals surface area contributed by atoms with E-state index < -0.39 is 0 Å². The molecule has 0 unspecified atom stereocenters. The van der Waals surface area contributed by atoms with Crippen molar-refractivity contribution in [3.8, 4) is 23.3 Å². The molecule has 2 aliphatic heterocycles.